The van der Waals surface area contributed by atoms with Gasteiger partial charge in [0.1, 0.15) is 4.64 Å². The monoisotopic (exact) mass is 284 g/mol. The number of hydrogen-bond acceptors (Lipinski definition) is 2. The molecule has 20 heavy (non-hydrogen) atoms. The van der Waals surface area contributed by atoms with Crippen LogP contribution in [0.1, 0.15) is 36.4 Å². The molecule has 1 aromatic heterocycles. The van der Waals surface area contributed by atoms with Crippen LogP contribution in [0.15, 0.2) is 48.7 Å². The molecule has 0 radical (unpaired) electrons. The Balaban J connectivity index is 1.85. The molecule has 0 saturated carbocycles. The smallest absolute Gasteiger partial charge is 0.108 e. The molecule has 1 N–H and O–H groups in total. The van der Waals surface area contributed by atoms with Crippen molar-refractivity contribution in [2.24, 2.45) is 0 Å². The van der Waals surface area contributed by atoms with Crippen LogP contribution >= 0.6 is 12.2 Å². The lowest BCUT2D eigenvalue weighted by molar-refractivity contribution is 0.140. The summed E-state index contributed by atoms with van der Waals surface area (Å²) < 4.78 is 0.887. The molecule has 1 fully saturated rings. The van der Waals surface area contributed by atoms with Crippen molar-refractivity contribution in [2.45, 2.75) is 31.8 Å². The van der Waals surface area contributed by atoms with Crippen molar-refractivity contribution in [1.29, 1.82) is 0 Å². The molecule has 3 heteroatoms. The maximum absolute atomic E-state index is 5.47. The van der Waals surface area contributed by atoms with E-state index >= 15 is 0 Å². The number of H-pyrrole nitrogens is 1. The molecule has 2 aromatic rings. The zero-order chi connectivity index (χ0) is 13.8. The first-order valence-corrected chi connectivity index (χ1v) is 7.71. The number of nitrogens with one attached hydrogen (secondary N) is 1. The summed E-state index contributed by atoms with van der Waals surface area (Å²) in [4.78, 5) is 5.74. The first-order chi connectivity index (χ1) is 9.84. The Hall–Kier alpha value is -1.45. The molecule has 104 valence electrons. The van der Waals surface area contributed by atoms with Crippen LogP contribution in [0.3, 0.4) is 0 Å². The zero-order valence-electron chi connectivity index (χ0n) is 11.6. The van der Waals surface area contributed by atoms with Gasteiger partial charge in [0.05, 0.1) is 0 Å². The van der Waals surface area contributed by atoms with E-state index in [0.29, 0.717) is 6.04 Å². The molecule has 2 heterocycles. The highest BCUT2D eigenvalue weighted by Crippen LogP contribution is 2.32. The first-order valence-electron chi connectivity index (χ1n) is 7.30. The molecule has 1 aliphatic heterocycles. The molecule has 1 aromatic carbocycles. The fraction of sp³-hybridized carbons (Fsp3) is 0.353. The summed E-state index contributed by atoms with van der Waals surface area (Å²) >= 11 is 5.47. The average molecular weight is 284 g/mol. The SMILES string of the molecule is S=c1[nH]cccc1C1CCCCN1Cc1ccccc1. The van der Waals surface area contributed by atoms with Crippen molar-refractivity contribution >= 4 is 12.2 Å². The van der Waals surface area contributed by atoms with E-state index in [1.165, 1.54) is 30.4 Å². The van der Waals surface area contributed by atoms with Gasteiger partial charge in [-0.2, -0.15) is 0 Å². The third-order valence-electron chi connectivity index (χ3n) is 4.05. The number of piperidine rings is 1. The molecule has 3 rings (SSSR count). The molecular weight excluding hydrogens is 264 g/mol. The predicted octanol–water partition coefficient (Wildman–Crippen LogP) is 4.47. The van der Waals surface area contributed by atoms with Crippen molar-refractivity contribution in [3.63, 3.8) is 0 Å². The lowest BCUT2D eigenvalue weighted by Gasteiger charge is -2.36. The summed E-state index contributed by atoms with van der Waals surface area (Å²) in [5, 5.41) is 0. The summed E-state index contributed by atoms with van der Waals surface area (Å²) in [6.45, 7) is 2.17. The van der Waals surface area contributed by atoms with Crippen molar-refractivity contribution in [3.05, 3.63) is 64.4 Å². The maximum Gasteiger partial charge on any atom is 0.108 e. The van der Waals surface area contributed by atoms with E-state index in [4.69, 9.17) is 12.2 Å². The molecule has 1 atom stereocenters. The van der Waals surface area contributed by atoms with Gasteiger partial charge in [-0.25, -0.2) is 0 Å². The number of aromatic nitrogens is 1. The van der Waals surface area contributed by atoms with E-state index in [9.17, 15) is 0 Å². The molecule has 1 saturated heterocycles. The molecule has 0 amide bonds. The fourth-order valence-electron chi connectivity index (χ4n) is 3.05. The van der Waals surface area contributed by atoms with Crippen LogP contribution in [0.4, 0.5) is 0 Å². The quantitative estimate of drug-likeness (QED) is 0.839. The molecular formula is C17H20N2S. The number of rotatable bonds is 3. The molecule has 0 aliphatic carbocycles. The Morgan fingerprint density at radius 2 is 1.95 bits per heavy atom. The lowest BCUT2D eigenvalue weighted by Crippen LogP contribution is -2.33. The minimum Gasteiger partial charge on any atom is -0.353 e. The number of likely N-dealkylation sites (tertiary alicyclic amines) is 1. The largest absolute Gasteiger partial charge is 0.353 e. The van der Waals surface area contributed by atoms with E-state index in [2.05, 4.69) is 52.3 Å². The Kier molecular flexibility index (Phi) is 4.28. The minimum atomic E-state index is 0.453. The highest BCUT2D eigenvalue weighted by Gasteiger charge is 2.24. The Morgan fingerprint density at radius 3 is 2.75 bits per heavy atom. The van der Waals surface area contributed by atoms with E-state index < -0.39 is 0 Å². The third kappa shape index (κ3) is 3.00. The second-order valence-corrected chi connectivity index (χ2v) is 5.83. The van der Waals surface area contributed by atoms with Crippen molar-refractivity contribution in [3.8, 4) is 0 Å². The summed E-state index contributed by atoms with van der Waals surface area (Å²) in [6.07, 6.45) is 5.69. The Labute approximate surface area is 125 Å². The van der Waals surface area contributed by atoms with Crippen LogP contribution < -0.4 is 0 Å². The minimum absolute atomic E-state index is 0.453. The summed E-state index contributed by atoms with van der Waals surface area (Å²) in [7, 11) is 0. The highest BCUT2D eigenvalue weighted by molar-refractivity contribution is 7.71. The van der Waals surface area contributed by atoms with Gasteiger partial charge in [-0.15, -0.1) is 0 Å². The summed E-state index contributed by atoms with van der Waals surface area (Å²) in [5.41, 5.74) is 2.66. The standard InChI is InChI=1S/C17H20N2S/c20-17-15(9-6-11-18-17)16-10-4-5-12-19(16)13-14-7-2-1-3-8-14/h1-3,6-9,11,16H,4-5,10,12-13H2,(H,18,20). The maximum atomic E-state index is 5.47. The predicted molar refractivity (Wildman–Crippen MR) is 85.1 cm³/mol. The molecule has 1 aliphatic rings. The number of benzene rings is 1. The molecule has 0 bridgehead atoms. The van der Waals surface area contributed by atoms with Crippen LogP contribution in [0.25, 0.3) is 0 Å². The molecule has 0 spiro atoms. The van der Waals surface area contributed by atoms with Crippen molar-refractivity contribution in [2.75, 3.05) is 6.54 Å². The van der Waals surface area contributed by atoms with Crippen molar-refractivity contribution < 1.29 is 0 Å². The average Bonchev–Trinajstić information content (AvgIpc) is 2.50. The first kappa shape index (κ1) is 13.5. The number of nitrogens with zero attached hydrogens (tertiary/aromatic N) is 1. The Morgan fingerprint density at radius 1 is 1.10 bits per heavy atom. The number of pyridine rings is 1. The van der Waals surface area contributed by atoms with Gasteiger partial charge in [-0.05, 0) is 31.0 Å². The Bertz CT molecular complexity index is 606. The second kappa shape index (κ2) is 6.33. The lowest BCUT2D eigenvalue weighted by atomic mass is 9.96. The second-order valence-electron chi connectivity index (χ2n) is 5.42. The third-order valence-corrected chi connectivity index (χ3v) is 4.40. The van der Waals surface area contributed by atoms with Gasteiger partial charge in [0.25, 0.3) is 0 Å². The normalized spacial score (nSPS) is 19.9. The van der Waals surface area contributed by atoms with Crippen LogP contribution in [0, 0.1) is 4.64 Å². The van der Waals surface area contributed by atoms with Gasteiger partial charge in [0.2, 0.25) is 0 Å². The van der Waals surface area contributed by atoms with Gasteiger partial charge >= 0.3 is 0 Å². The summed E-state index contributed by atoms with van der Waals surface area (Å²) in [6, 6.07) is 15.4. The summed E-state index contributed by atoms with van der Waals surface area (Å²) in [5.74, 6) is 0. The van der Waals surface area contributed by atoms with E-state index in [-0.39, 0.29) is 0 Å². The van der Waals surface area contributed by atoms with E-state index in [1.54, 1.807) is 0 Å². The zero-order valence-corrected chi connectivity index (χ0v) is 12.4. The van der Waals surface area contributed by atoms with Crippen LogP contribution in [0.5, 0.6) is 0 Å². The van der Waals surface area contributed by atoms with Gasteiger partial charge in [0, 0.05) is 24.3 Å². The number of hydrogen-bond donors (Lipinski definition) is 1. The van der Waals surface area contributed by atoms with E-state index in [0.717, 1.165) is 17.7 Å². The van der Waals surface area contributed by atoms with E-state index in [1.807, 2.05) is 6.20 Å². The van der Waals surface area contributed by atoms with Gasteiger partial charge < -0.3 is 4.98 Å². The van der Waals surface area contributed by atoms with Crippen molar-refractivity contribution in [1.82, 2.24) is 9.88 Å². The van der Waals surface area contributed by atoms with Crippen LogP contribution in [-0.4, -0.2) is 16.4 Å². The number of aromatic amines is 1. The van der Waals surface area contributed by atoms with Gasteiger partial charge in [-0.1, -0.05) is 55.0 Å². The highest BCUT2D eigenvalue weighted by atomic mass is 32.1. The molecule has 2 nitrogen and oxygen atoms in total. The molecule has 1 unspecified atom stereocenters. The van der Waals surface area contributed by atoms with Gasteiger partial charge in [-0.3, -0.25) is 4.90 Å². The topological polar surface area (TPSA) is 19.0 Å². The fourth-order valence-corrected chi connectivity index (χ4v) is 3.32. The van der Waals surface area contributed by atoms with Gasteiger partial charge in [0.15, 0.2) is 0 Å². The van der Waals surface area contributed by atoms with Crippen LogP contribution in [0.2, 0.25) is 0 Å². The van der Waals surface area contributed by atoms with Crippen LogP contribution in [-0.2, 0) is 6.54 Å².